The fourth-order valence-electron chi connectivity index (χ4n) is 2.95. The van der Waals surface area contributed by atoms with Crippen molar-refractivity contribution >= 4 is 5.91 Å². The number of nitrogens with one attached hydrogen (secondary N) is 1. The molecule has 0 saturated carbocycles. The second-order valence-electron chi connectivity index (χ2n) is 8.10. The van der Waals surface area contributed by atoms with Gasteiger partial charge in [0.1, 0.15) is 0 Å². The van der Waals surface area contributed by atoms with Crippen LogP contribution in [0.1, 0.15) is 37.9 Å². The van der Waals surface area contributed by atoms with Crippen molar-refractivity contribution in [2.75, 3.05) is 34.4 Å². The average Bonchev–Trinajstić information content (AvgIpc) is 2.66. The molecule has 0 heterocycles. The topological polar surface area (TPSA) is 50.8 Å². The van der Waals surface area contributed by atoms with Gasteiger partial charge < -0.3 is 19.7 Å². The lowest BCUT2D eigenvalue weighted by Gasteiger charge is -2.26. The van der Waals surface area contributed by atoms with E-state index in [0.717, 1.165) is 0 Å². The molecule has 0 bridgehead atoms. The second-order valence-corrected chi connectivity index (χ2v) is 8.10. The van der Waals surface area contributed by atoms with E-state index in [1.807, 2.05) is 26.2 Å². The van der Waals surface area contributed by atoms with E-state index >= 15 is 0 Å². The number of likely N-dealkylation sites (N-methyl/N-ethyl adjacent to an activating group) is 1. The van der Waals surface area contributed by atoms with Gasteiger partial charge in [-0.1, -0.05) is 57.2 Å². The van der Waals surface area contributed by atoms with E-state index in [9.17, 15) is 4.79 Å². The molecule has 1 amide bonds. The van der Waals surface area contributed by atoms with Crippen molar-refractivity contribution in [2.24, 2.45) is 0 Å². The van der Waals surface area contributed by atoms with Crippen LogP contribution in [0.25, 0.3) is 0 Å². The summed E-state index contributed by atoms with van der Waals surface area (Å²) in [6.07, 6.45) is 0. The number of benzene rings is 2. The number of nitrogens with zero attached hydrogens (tertiary/aromatic N) is 1. The zero-order valence-electron chi connectivity index (χ0n) is 17.8. The molecule has 0 aromatic heterocycles. The first kappa shape index (κ1) is 21.8. The van der Waals surface area contributed by atoms with Crippen molar-refractivity contribution in [3.63, 3.8) is 0 Å². The van der Waals surface area contributed by atoms with Gasteiger partial charge in [0, 0.05) is 6.54 Å². The van der Waals surface area contributed by atoms with Crippen molar-refractivity contribution in [3.05, 3.63) is 59.7 Å². The number of hydrogen-bond acceptors (Lipinski definition) is 4. The van der Waals surface area contributed by atoms with E-state index in [4.69, 9.17) is 9.47 Å². The lowest BCUT2D eigenvalue weighted by molar-refractivity contribution is -0.123. The van der Waals surface area contributed by atoms with Gasteiger partial charge in [-0.05, 0) is 42.8 Å². The van der Waals surface area contributed by atoms with Gasteiger partial charge in [0.05, 0.1) is 13.2 Å². The molecule has 2 rings (SSSR count). The molecule has 0 radical (unpaired) electrons. The van der Waals surface area contributed by atoms with E-state index in [2.05, 4.69) is 55.3 Å². The molecule has 152 valence electrons. The fraction of sp³-hybridized carbons (Fsp3) is 0.435. The van der Waals surface area contributed by atoms with Crippen LogP contribution >= 0.6 is 0 Å². The third kappa shape index (κ3) is 5.99. The highest BCUT2D eigenvalue weighted by Gasteiger charge is 2.18. The lowest BCUT2D eigenvalue weighted by Crippen LogP contribution is -2.37. The summed E-state index contributed by atoms with van der Waals surface area (Å²) in [5, 5.41) is 2.97. The number of para-hydroxylation sites is 2. The Morgan fingerprint density at radius 3 is 2.18 bits per heavy atom. The van der Waals surface area contributed by atoms with Crippen LogP contribution < -0.4 is 14.8 Å². The van der Waals surface area contributed by atoms with Gasteiger partial charge in [0.2, 0.25) is 0 Å². The fourth-order valence-corrected chi connectivity index (χ4v) is 2.95. The molecule has 0 aliphatic heterocycles. The van der Waals surface area contributed by atoms with E-state index in [0.29, 0.717) is 18.0 Å². The molecule has 1 N–H and O–H groups in total. The first-order chi connectivity index (χ1) is 13.2. The van der Waals surface area contributed by atoms with Crippen LogP contribution in [0.3, 0.4) is 0 Å². The standard InChI is InChI=1S/C23H32N2O3/c1-23(2,3)18-13-11-17(12-14-18)19(25(4)5)15-24-22(26)16-28-21-10-8-7-9-20(21)27-6/h7-14,19H,15-16H2,1-6H3,(H,24,26)/t19-/m1/s1. The lowest BCUT2D eigenvalue weighted by atomic mass is 9.86. The van der Waals surface area contributed by atoms with Crippen molar-refractivity contribution in [1.29, 1.82) is 0 Å². The van der Waals surface area contributed by atoms with Crippen LogP contribution in [0, 0.1) is 0 Å². The highest BCUT2D eigenvalue weighted by molar-refractivity contribution is 5.77. The number of amides is 1. The smallest absolute Gasteiger partial charge is 0.258 e. The van der Waals surface area contributed by atoms with Crippen LogP contribution in [0.5, 0.6) is 11.5 Å². The summed E-state index contributed by atoms with van der Waals surface area (Å²) in [4.78, 5) is 14.4. The van der Waals surface area contributed by atoms with Crippen molar-refractivity contribution < 1.29 is 14.3 Å². The summed E-state index contributed by atoms with van der Waals surface area (Å²) in [5.74, 6) is 1.01. The summed E-state index contributed by atoms with van der Waals surface area (Å²) in [6, 6.07) is 16.0. The Morgan fingerprint density at radius 1 is 1.04 bits per heavy atom. The van der Waals surface area contributed by atoms with Gasteiger partial charge in [0.15, 0.2) is 18.1 Å². The summed E-state index contributed by atoms with van der Waals surface area (Å²) in [5.41, 5.74) is 2.59. The van der Waals surface area contributed by atoms with Crippen molar-refractivity contribution in [2.45, 2.75) is 32.2 Å². The number of rotatable bonds is 8. The van der Waals surface area contributed by atoms with Crippen molar-refractivity contribution in [3.8, 4) is 11.5 Å². The summed E-state index contributed by atoms with van der Waals surface area (Å²) < 4.78 is 10.8. The molecule has 0 fully saturated rings. The maximum atomic E-state index is 12.3. The molecular weight excluding hydrogens is 352 g/mol. The van der Waals surface area contributed by atoms with E-state index in [1.165, 1.54) is 11.1 Å². The number of carbonyl (C=O) groups excluding carboxylic acids is 1. The molecule has 1 atom stereocenters. The predicted molar refractivity (Wildman–Crippen MR) is 113 cm³/mol. The zero-order valence-corrected chi connectivity index (χ0v) is 17.8. The Kier molecular flexibility index (Phi) is 7.46. The van der Waals surface area contributed by atoms with E-state index in [-0.39, 0.29) is 24.0 Å². The molecule has 2 aromatic carbocycles. The maximum absolute atomic E-state index is 12.3. The summed E-state index contributed by atoms with van der Waals surface area (Å²) in [7, 11) is 5.61. The number of methoxy groups -OCH3 is 1. The normalized spacial score (nSPS) is 12.5. The highest BCUT2D eigenvalue weighted by atomic mass is 16.5. The van der Waals surface area contributed by atoms with Crippen LogP contribution in [-0.2, 0) is 10.2 Å². The Morgan fingerprint density at radius 2 is 1.64 bits per heavy atom. The van der Waals surface area contributed by atoms with Crippen LogP contribution in [0.15, 0.2) is 48.5 Å². The van der Waals surface area contributed by atoms with Crippen molar-refractivity contribution in [1.82, 2.24) is 10.2 Å². The molecule has 0 unspecified atom stereocenters. The van der Waals surface area contributed by atoms with Gasteiger partial charge in [-0.25, -0.2) is 0 Å². The van der Waals surface area contributed by atoms with Gasteiger partial charge >= 0.3 is 0 Å². The molecule has 0 spiro atoms. The molecule has 28 heavy (non-hydrogen) atoms. The minimum Gasteiger partial charge on any atom is -0.493 e. The number of carbonyl (C=O) groups is 1. The maximum Gasteiger partial charge on any atom is 0.258 e. The first-order valence-corrected chi connectivity index (χ1v) is 9.51. The third-order valence-corrected chi connectivity index (χ3v) is 4.71. The average molecular weight is 385 g/mol. The Labute approximate surface area is 168 Å². The van der Waals surface area contributed by atoms with E-state index in [1.54, 1.807) is 19.2 Å². The molecule has 5 heteroatoms. The van der Waals surface area contributed by atoms with Gasteiger partial charge in [-0.15, -0.1) is 0 Å². The summed E-state index contributed by atoms with van der Waals surface area (Å²) >= 11 is 0. The molecule has 5 nitrogen and oxygen atoms in total. The largest absolute Gasteiger partial charge is 0.493 e. The predicted octanol–water partition coefficient (Wildman–Crippen LogP) is 3.79. The van der Waals surface area contributed by atoms with Crippen LogP contribution in [0.2, 0.25) is 0 Å². The van der Waals surface area contributed by atoms with E-state index < -0.39 is 0 Å². The zero-order chi connectivity index (χ0) is 20.7. The number of hydrogen-bond donors (Lipinski definition) is 1. The minimum atomic E-state index is -0.163. The summed E-state index contributed by atoms with van der Waals surface area (Å²) in [6.45, 7) is 7.06. The minimum absolute atomic E-state index is 0.0521. The second kappa shape index (κ2) is 9.60. The first-order valence-electron chi connectivity index (χ1n) is 9.51. The quantitative estimate of drug-likeness (QED) is 0.752. The molecule has 0 aliphatic rings. The van der Waals surface area contributed by atoms with Gasteiger partial charge in [0.25, 0.3) is 5.91 Å². The van der Waals surface area contributed by atoms with Crippen LogP contribution in [-0.4, -0.2) is 45.2 Å². The molecule has 0 aliphatic carbocycles. The molecular formula is C23H32N2O3. The molecule has 0 saturated heterocycles. The van der Waals surface area contributed by atoms with Gasteiger partial charge in [-0.2, -0.15) is 0 Å². The SMILES string of the molecule is COc1ccccc1OCC(=O)NC[C@H](c1ccc(C(C)(C)C)cc1)N(C)C. The highest BCUT2D eigenvalue weighted by Crippen LogP contribution is 2.26. The Bertz CT molecular complexity index is 764. The van der Waals surface area contributed by atoms with Gasteiger partial charge in [-0.3, -0.25) is 4.79 Å². The Hall–Kier alpha value is -2.53. The number of ether oxygens (including phenoxy) is 2. The monoisotopic (exact) mass is 384 g/mol. The van der Waals surface area contributed by atoms with Crippen LogP contribution in [0.4, 0.5) is 0 Å². The Balaban J connectivity index is 1.94. The molecule has 2 aromatic rings. The third-order valence-electron chi connectivity index (χ3n) is 4.71.